The predicted octanol–water partition coefficient (Wildman–Crippen LogP) is 5.71. The number of methoxy groups -OCH3 is 1. The number of aromatic nitrogens is 3. The van der Waals surface area contributed by atoms with Crippen LogP contribution in [0.4, 0.5) is 0 Å². The summed E-state index contributed by atoms with van der Waals surface area (Å²) in [6.45, 7) is 5.95. The van der Waals surface area contributed by atoms with Crippen molar-refractivity contribution in [1.82, 2.24) is 15.1 Å². The molecule has 0 bridgehead atoms. The Kier molecular flexibility index (Phi) is 4.43. The fourth-order valence-corrected chi connectivity index (χ4v) is 4.48. The molecule has 0 aliphatic carbocycles. The minimum atomic E-state index is 0.772. The zero-order valence-corrected chi connectivity index (χ0v) is 18.3. The number of ether oxygens (including phenoxy) is 1. The molecule has 2 aromatic carbocycles. The molecule has 0 aliphatic rings. The molecule has 0 radical (unpaired) electrons. The third kappa shape index (κ3) is 2.94. The summed E-state index contributed by atoms with van der Waals surface area (Å²) < 4.78 is 11.2. The Morgan fingerprint density at radius 2 is 1.90 bits per heavy atom. The van der Waals surface area contributed by atoms with Gasteiger partial charge in [0.15, 0.2) is 0 Å². The molecule has 3 heterocycles. The van der Waals surface area contributed by atoms with Gasteiger partial charge in [-0.05, 0) is 51.1 Å². The molecule has 6 nitrogen and oxygen atoms in total. The van der Waals surface area contributed by atoms with Crippen LogP contribution in [0.15, 0.2) is 52.1 Å². The SMILES string of the molecule is C/N=C(/c1ccc2[nH]ccc2c1)c1c(C)[nH]c2cc(-c3c(C)noc3C)c(OC)cc12. The van der Waals surface area contributed by atoms with Crippen molar-refractivity contribution in [3.63, 3.8) is 0 Å². The van der Waals surface area contributed by atoms with Crippen molar-refractivity contribution in [2.75, 3.05) is 14.2 Å². The summed E-state index contributed by atoms with van der Waals surface area (Å²) in [7, 11) is 3.53. The Hall–Kier alpha value is -3.80. The first-order valence-corrected chi connectivity index (χ1v) is 10.2. The summed E-state index contributed by atoms with van der Waals surface area (Å²) in [5, 5.41) is 6.34. The quantitative estimate of drug-likeness (QED) is 0.371. The first-order valence-electron chi connectivity index (χ1n) is 10.2. The van der Waals surface area contributed by atoms with Crippen LogP contribution in [0.2, 0.25) is 0 Å². The molecule has 0 amide bonds. The molecule has 0 atom stereocenters. The van der Waals surface area contributed by atoms with Crippen molar-refractivity contribution in [2.24, 2.45) is 4.99 Å². The number of rotatable bonds is 4. The molecule has 0 saturated heterocycles. The van der Waals surface area contributed by atoms with Crippen molar-refractivity contribution >= 4 is 27.5 Å². The molecule has 2 N–H and O–H groups in total. The standard InChI is InChI=1S/C25H24N4O2/c1-13-24(25(26-4)17-6-7-20-16(10-17)8-9-27-20)18-12-22(30-5)19(11-21(18)28-13)23-14(2)29-31-15(23)3/h6-12,27-28H,1-5H3/b26-25-. The Morgan fingerprint density at radius 1 is 1.06 bits per heavy atom. The van der Waals surface area contributed by atoms with Crippen LogP contribution in [0.3, 0.4) is 0 Å². The number of nitrogens with zero attached hydrogens (tertiary/aromatic N) is 2. The zero-order valence-electron chi connectivity index (χ0n) is 18.3. The van der Waals surface area contributed by atoms with Crippen LogP contribution in [0.5, 0.6) is 5.75 Å². The molecule has 0 unspecified atom stereocenters. The predicted molar refractivity (Wildman–Crippen MR) is 124 cm³/mol. The molecular formula is C25H24N4O2. The average Bonchev–Trinajstić information content (AvgIpc) is 3.45. The topological polar surface area (TPSA) is 79.2 Å². The van der Waals surface area contributed by atoms with E-state index in [-0.39, 0.29) is 0 Å². The van der Waals surface area contributed by atoms with E-state index in [1.54, 1.807) is 7.11 Å². The van der Waals surface area contributed by atoms with Crippen LogP contribution in [0.25, 0.3) is 32.9 Å². The van der Waals surface area contributed by atoms with Crippen molar-refractivity contribution in [3.05, 3.63) is 70.9 Å². The van der Waals surface area contributed by atoms with Gasteiger partial charge in [0.2, 0.25) is 0 Å². The number of benzene rings is 2. The van der Waals surface area contributed by atoms with Crippen LogP contribution in [-0.2, 0) is 0 Å². The molecule has 0 saturated carbocycles. The summed E-state index contributed by atoms with van der Waals surface area (Å²) in [5.41, 5.74) is 9.06. The Balaban J connectivity index is 1.73. The highest BCUT2D eigenvalue weighted by Gasteiger charge is 2.21. The van der Waals surface area contributed by atoms with Crippen LogP contribution >= 0.6 is 0 Å². The van der Waals surface area contributed by atoms with E-state index in [0.717, 1.165) is 72.7 Å². The highest BCUT2D eigenvalue weighted by atomic mass is 16.5. The number of aliphatic imine (C=N–C) groups is 1. The Labute approximate surface area is 179 Å². The van der Waals surface area contributed by atoms with Crippen molar-refractivity contribution in [2.45, 2.75) is 20.8 Å². The van der Waals surface area contributed by atoms with E-state index >= 15 is 0 Å². The van der Waals surface area contributed by atoms with E-state index in [4.69, 9.17) is 9.26 Å². The van der Waals surface area contributed by atoms with Crippen LogP contribution < -0.4 is 4.74 Å². The highest BCUT2D eigenvalue weighted by molar-refractivity contribution is 6.21. The lowest BCUT2D eigenvalue weighted by molar-refractivity contribution is 0.393. The van der Waals surface area contributed by atoms with Gasteiger partial charge in [0.25, 0.3) is 0 Å². The Morgan fingerprint density at radius 3 is 2.61 bits per heavy atom. The second-order valence-corrected chi connectivity index (χ2v) is 7.77. The van der Waals surface area contributed by atoms with Crippen LogP contribution in [0.1, 0.15) is 28.3 Å². The number of hydrogen-bond acceptors (Lipinski definition) is 4. The maximum atomic E-state index is 5.79. The lowest BCUT2D eigenvalue weighted by atomic mass is 9.96. The molecule has 0 aliphatic heterocycles. The van der Waals surface area contributed by atoms with Crippen molar-refractivity contribution < 1.29 is 9.26 Å². The zero-order chi connectivity index (χ0) is 21.7. The van der Waals surface area contributed by atoms with Gasteiger partial charge >= 0.3 is 0 Å². The van der Waals surface area contributed by atoms with E-state index in [1.165, 1.54) is 0 Å². The summed E-state index contributed by atoms with van der Waals surface area (Å²) in [6, 6.07) is 12.6. The second kappa shape index (κ2) is 7.16. The maximum absolute atomic E-state index is 5.79. The van der Waals surface area contributed by atoms with E-state index in [0.29, 0.717) is 0 Å². The van der Waals surface area contributed by atoms with E-state index in [9.17, 15) is 0 Å². The van der Waals surface area contributed by atoms with Crippen molar-refractivity contribution in [3.8, 4) is 16.9 Å². The first kappa shape index (κ1) is 19.2. The largest absolute Gasteiger partial charge is 0.496 e. The fraction of sp³-hybridized carbons (Fsp3) is 0.200. The smallest absolute Gasteiger partial charge is 0.141 e. The second-order valence-electron chi connectivity index (χ2n) is 7.77. The monoisotopic (exact) mass is 412 g/mol. The lowest BCUT2D eigenvalue weighted by Crippen LogP contribution is -2.04. The molecule has 6 heteroatoms. The van der Waals surface area contributed by atoms with Crippen molar-refractivity contribution in [1.29, 1.82) is 0 Å². The van der Waals surface area contributed by atoms with Crippen LogP contribution in [-0.4, -0.2) is 35.0 Å². The summed E-state index contributed by atoms with van der Waals surface area (Å²) in [5.74, 6) is 1.55. The number of aromatic amines is 2. The van der Waals surface area contributed by atoms with Gasteiger partial charge in [-0.3, -0.25) is 4.99 Å². The van der Waals surface area contributed by atoms with Gasteiger partial charge in [-0.25, -0.2) is 0 Å². The van der Waals surface area contributed by atoms with E-state index < -0.39 is 0 Å². The Bertz CT molecular complexity index is 1450. The van der Waals surface area contributed by atoms with Gasteiger partial charge in [0.05, 0.1) is 24.1 Å². The first-order chi connectivity index (χ1) is 15.0. The molecule has 3 aromatic heterocycles. The number of fused-ring (bicyclic) bond motifs is 2. The summed E-state index contributed by atoms with van der Waals surface area (Å²) >= 11 is 0. The fourth-order valence-electron chi connectivity index (χ4n) is 4.48. The summed E-state index contributed by atoms with van der Waals surface area (Å²) in [6.07, 6.45) is 1.95. The number of H-pyrrole nitrogens is 2. The van der Waals surface area contributed by atoms with E-state index in [2.05, 4.69) is 63.4 Å². The minimum Gasteiger partial charge on any atom is -0.496 e. The van der Waals surface area contributed by atoms with Gasteiger partial charge in [-0.2, -0.15) is 0 Å². The molecule has 0 fully saturated rings. The molecule has 0 spiro atoms. The number of nitrogens with one attached hydrogen (secondary N) is 2. The van der Waals surface area contributed by atoms with Gasteiger partial charge < -0.3 is 19.2 Å². The third-order valence-corrected chi connectivity index (χ3v) is 5.90. The summed E-state index contributed by atoms with van der Waals surface area (Å²) in [4.78, 5) is 11.5. The number of aryl methyl sites for hydroxylation is 3. The van der Waals surface area contributed by atoms with Gasteiger partial charge in [-0.1, -0.05) is 11.2 Å². The molecular weight excluding hydrogens is 388 g/mol. The number of hydrogen-bond donors (Lipinski definition) is 2. The molecule has 156 valence electrons. The normalized spacial score (nSPS) is 12.2. The molecule has 5 rings (SSSR count). The lowest BCUT2D eigenvalue weighted by Gasteiger charge is -2.11. The highest BCUT2D eigenvalue weighted by Crippen LogP contribution is 2.39. The van der Waals surface area contributed by atoms with Gasteiger partial charge in [0, 0.05) is 57.4 Å². The molecule has 5 aromatic rings. The van der Waals surface area contributed by atoms with Crippen LogP contribution in [0, 0.1) is 20.8 Å². The van der Waals surface area contributed by atoms with Gasteiger partial charge in [0.1, 0.15) is 11.5 Å². The third-order valence-electron chi connectivity index (χ3n) is 5.90. The van der Waals surface area contributed by atoms with E-state index in [1.807, 2.05) is 27.1 Å². The molecule has 31 heavy (non-hydrogen) atoms. The minimum absolute atomic E-state index is 0.772. The maximum Gasteiger partial charge on any atom is 0.141 e. The van der Waals surface area contributed by atoms with Gasteiger partial charge in [-0.15, -0.1) is 0 Å². The average molecular weight is 412 g/mol.